The number of aryl methyl sites for hydroxylation is 1. The van der Waals surface area contributed by atoms with Crippen molar-refractivity contribution >= 4 is 42.1 Å². The van der Waals surface area contributed by atoms with Gasteiger partial charge in [-0.05, 0) is 119 Å². The number of hydrogen-bond acceptors (Lipinski definition) is 2. The van der Waals surface area contributed by atoms with Gasteiger partial charge in [0.15, 0.2) is 0 Å². The summed E-state index contributed by atoms with van der Waals surface area (Å²) in [5, 5.41) is 2.17. The summed E-state index contributed by atoms with van der Waals surface area (Å²) >= 11 is 0. The molecular formula is C49H41NOS2. The molecule has 260 valence electrons. The van der Waals surface area contributed by atoms with Crippen LogP contribution >= 0.6 is 20.1 Å². The Morgan fingerprint density at radius 1 is 0.396 bits per heavy atom. The number of benzene rings is 7. The molecule has 0 aliphatic heterocycles. The van der Waals surface area contributed by atoms with E-state index in [-0.39, 0.29) is 0 Å². The van der Waals surface area contributed by atoms with Crippen molar-refractivity contribution in [1.82, 2.24) is 4.98 Å². The van der Waals surface area contributed by atoms with Gasteiger partial charge in [-0.25, -0.2) is 4.98 Å². The molecule has 2 heterocycles. The molecule has 0 radical (unpaired) electrons. The fourth-order valence-corrected chi connectivity index (χ4v) is 13.9. The molecule has 53 heavy (non-hydrogen) atoms. The van der Waals surface area contributed by atoms with E-state index in [1.807, 2.05) is 12.3 Å². The molecule has 0 unspecified atom stereocenters. The van der Waals surface area contributed by atoms with Crippen molar-refractivity contribution in [3.8, 4) is 0 Å². The first-order valence-electron chi connectivity index (χ1n) is 17.8. The van der Waals surface area contributed by atoms with Crippen molar-refractivity contribution in [2.75, 3.05) is 6.26 Å². The quantitative estimate of drug-likeness (QED) is 0.164. The fraction of sp³-hybridized carbons (Fsp3) is 0.0408. The Morgan fingerprint density at radius 3 is 1.17 bits per heavy atom. The van der Waals surface area contributed by atoms with E-state index in [1.165, 1.54) is 39.8 Å². The van der Waals surface area contributed by atoms with E-state index in [1.54, 1.807) is 0 Å². The summed E-state index contributed by atoms with van der Waals surface area (Å²) < 4.78 is 6.09. The Kier molecular flexibility index (Phi) is 9.73. The van der Waals surface area contributed by atoms with Crippen molar-refractivity contribution in [3.63, 3.8) is 0 Å². The smallest absolute Gasteiger partial charge is 0.227 e. The van der Waals surface area contributed by atoms with E-state index in [0.29, 0.717) is 5.71 Å². The van der Waals surface area contributed by atoms with E-state index < -0.39 is 20.1 Å². The zero-order valence-electron chi connectivity index (χ0n) is 29.9. The van der Waals surface area contributed by atoms with Gasteiger partial charge in [-0.2, -0.15) is 10.0 Å². The molecule has 2 nitrogen and oxygen atoms in total. The normalized spacial score (nSPS) is 12.2. The lowest BCUT2D eigenvalue weighted by Crippen LogP contribution is -2.05. The molecule has 9 rings (SSSR count). The highest BCUT2D eigenvalue weighted by Gasteiger charge is 2.34. The first-order chi connectivity index (χ1) is 26.1. The lowest BCUT2D eigenvalue weighted by atomic mass is 10.1. The lowest BCUT2D eigenvalue weighted by molar-refractivity contribution is 0.653. The number of pyridine rings is 1. The first-order valence-corrected chi connectivity index (χ1v) is 21.5. The number of hydrogen-bond donors (Lipinski definition) is 0. The number of aromatic nitrogens is 1. The molecule has 0 spiro atoms. The van der Waals surface area contributed by atoms with Crippen molar-refractivity contribution in [2.24, 2.45) is 0 Å². The summed E-state index contributed by atoms with van der Waals surface area (Å²) in [5.41, 5.74) is 2.77. The van der Waals surface area contributed by atoms with Gasteiger partial charge in [0.2, 0.25) is 5.71 Å². The van der Waals surface area contributed by atoms with Gasteiger partial charge in [0.25, 0.3) is 0 Å². The van der Waals surface area contributed by atoms with E-state index >= 15 is 0 Å². The summed E-state index contributed by atoms with van der Waals surface area (Å²) in [7, 11) is -2.94. The highest BCUT2D eigenvalue weighted by atomic mass is 32.3. The van der Waals surface area contributed by atoms with Crippen LogP contribution in [0.15, 0.2) is 251 Å². The van der Waals surface area contributed by atoms with E-state index in [2.05, 4.69) is 213 Å². The minimum Gasteiger partial charge on any atom is -0.438 e. The Bertz CT molecular complexity index is 2360. The van der Waals surface area contributed by atoms with Crippen LogP contribution in [0.3, 0.4) is 0 Å². The van der Waals surface area contributed by atoms with Crippen LogP contribution in [0.5, 0.6) is 0 Å². The molecule has 0 aliphatic rings. The first kappa shape index (κ1) is 34.3. The third kappa shape index (κ3) is 6.46. The van der Waals surface area contributed by atoms with Gasteiger partial charge in [-0.15, -0.1) is 10.0 Å². The van der Waals surface area contributed by atoms with Crippen molar-refractivity contribution < 1.29 is 4.42 Å². The topological polar surface area (TPSA) is 26.0 Å². The third-order valence-electron chi connectivity index (χ3n) is 9.75. The Morgan fingerprint density at radius 2 is 0.774 bits per heavy atom. The van der Waals surface area contributed by atoms with Gasteiger partial charge < -0.3 is 4.42 Å². The van der Waals surface area contributed by atoms with E-state index in [0.717, 1.165) is 16.4 Å². The number of rotatable bonds is 7. The Hall–Kier alpha value is -5.81. The van der Waals surface area contributed by atoms with Crippen molar-refractivity contribution in [2.45, 2.75) is 41.2 Å². The van der Waals surface area contributed by atoms with Gasteiger partial charge in [-0.1, -0.05) is 121 Å². The summed E-state index contributed by atoms with van der Waals surface area (Å²) in [6, 6.07) is 73.6. The molecular weight excluding hydrogens is 683 g/mol. The Labute approximate surface area is 315 Å². The predicted octanol–water partition coefficient (Wildman–Crippen LogP) is 14.2. The fourth-order valence-electron chi connectivity index (χ4n) is 7.10. The molecule has 0 saturated heterocycles. The summed E-state index contributed by atoms with van der Waals surface area (Å²) in [4.78, 5) is 14.1. The molecule has 0 amide bonds. The average Bonchev–Trinajstić information content (AvgIpc) is 3.60. The van der Waals surface area contributed by atoms with Gasteiger partial charge in [0.05, 0.1) is 0 Å². The molecule has 7 aromatic carbocycles. The maximum absolute atomic E-state index is 6.09. The standard InChI is InChI=1S/C30H23NOS.C19H18S/c1-22-17-18-29-27(19-22)28-20-26(21-31-30(28)32-29)33(23-11-5-2-6-12-23,24-13-7-3-8-14-24)25-15-9-4-10-16-25;1-20(17-11-5-2-6-12-17,18-13-7-3-8-14-18)19-15-9-4-10-16-19/h2-21H,1H3;2-16H,1H3. The zero-order valence-corrected chi connectivity index (χ0v) is 31.5. The van der Waals surface area contributed by atoms with Crippen LogP contribution in [0, 0.1) is 6.92 Å². The van der Waals surface area contributed by atoms with Crippen LogP contribution in [0.4, 0.5) is 0 Å². The molecule has 0 aliphatic carbocycles. The predicted molar refractivity (Wildman–Crippen MR) is 224 cm³/mol. The minimum atomic E-state index is -1.76. The minimum absolute atomic E-state index is 0.682. The molecule has 2 aromatic heterocycles. The van der Waals surface area contributed by atoms with Gasteiger partial charge in [0.1, 0.15) is 5.58 Å². The maximum atomic E-state index is 6.09. The summed E-state index contributed by atoms with van der Waals surface area (Å²) in [6.07, 6.45) is 4.40. The largest absolute Gasteiger partial charge is 0.438 e. The molecule has 0 N–H and O–H groups in total. The highest BCUT2D eigenvalue weighted by Crippen LogP contribution is 2.73. The van der Waals surface area contributed by atoms with Crippen LogP contribution in [0.25, 0.3) is 22.1 Å². The van der Waals surface area contributed by atoms with E-state index in [4.69, 9.17) is 9.40 Å². The second-order valence-electron chi connectivity index (χ2n) is 13.0. The van der Waals surface area contributed by atoms with Crippen LogP contribution in [-0.4, -0.2) is 11.2 Å². The second-order valence-corrected chi connectivity index (χ2v) is 19.4. The Balaban J connectivity index is 0.000000171. The lowest BCUT2D eigenvalue weighted by Gasteiger charge is -2.41. The van der Waals surface area contributed by atoms with Crippen LogP contribution in [0.2, 0.25) is 0 Å². The summed E-state index contributed by atoms with van der Waals surface area (Å²) in [5.74, 6) is 0. The van der Waals surface area contributed by atoms with Gasteiger partial charge in [0, 0.05) is 36.6 Å². The average molecular weight is 724 g/mol. The summed E-state index contributed by atoms with van der Waals surface area (Å²) in [6.45, 7) is 2.11. The van der Waals surface area contributed by atoms with Crippen molar-refractivity contribution in [3.05, 3.63) is 218 Å². The van der Waals surface area contributed by atoms with Crippen molar-refractivity contribution in [1.29, 1.82) is 0 Å². The van der Waals surface area contributed by atoms with Gasteiger partial charge >= 0.3 is 0 Å². The SMILES string of the molecule is CS(c1ccccc1)(c1ccccc1)c1ccccc1.Cc1ccc2oc3ncc(S(c4ccccc4)(c4ccccc4)c4ccccc4)cc3c2c1. The molecule has 0 fully saturated rings. The highest BCUT2D eigenvalue weighted by molar-refractivity contribution is 8.34. The van der Waals surface area contributed by atoms with Crippen LogP contribution in [-0.2, 0) is 0 Å². The van der Waals surface area contributed by atoms with E-state index in [9.17, 15) is 0 Å². The molecule has 0 saturated carbocycles. The van der Waals surface area contributed by atoms with Crippen LogP contribution in [0.1, 0.15) is 5.56 Å². The number of fused-ring (bicyclic) bond motifs is 3. The maximum Gasteiger partial charge on any atom is 0.227 e. The number of nitrogens with zero attached hydrogens (tertiary/aromatic N) is 1. The molecule has 0 atom stereocenters. The second kappa shape index (κ2) is 15.0. The third-order valence-corrected chi connectivity index (χ3v) is 17.3. The molecule has 0 bridgehead atoms. The zero-order chi connectivity index (χ0) is 36.1. The molecule has 4 heteroatoms. The molecule has 9 aromatic rings. The van der Waals surface area contributed by atoms with Gasteiger partial charge in [-0.3, -0.25) is 0 Å². The number of furan rings is 1. The monoisotopic (exact) mass is 723 g/mol. The van der Waals surface area contributed by atoms with Crippen LogP contribution < -0.4 is 0 Å².